The molecule has 0 fully saturated rings. The second-order valence-corrected chi connectivity index (χ2v) is 6.61. The van der Waals surface area contributed by atoms with Crippen LogP contribution in [0.2, 0.25) is 0 Å². The van der Waals surface area contributed by atoms with Crippen molar-refractivity contribution in [2.45, 2.75) is 46.5 Å². The summed E-state index contributed by atoms with van der Waals surface area (Å²) in [5.74, 6) is -0.220. The van der Waals surface area contributed by atoms with Crippen LogP contribution in [0.25, 0.3) is 0 Å². The maximum Gasteiger partial charge on any atom is 0.313 e. The topological polar surface area (TPSA) is 52.3 Å². The minimum absolute atomic E-state index is 0.136. The molecular formula is C17H27NO2. The lowest BCUT2D eigenvalue weighted by atomic mass is 9.82. The maximum absolute atomic E-state index is 12.0. The van der Waals surface area contributed by atoms with E-state index in [-0.39, 0.29) is 17.9 Å². The molecule has 0 aliphatic rings. The SMILES string of the molecule is CCOC(=O)C(C)(CN)Cc1ccc(C(C)(C)C)cc1. The Morgan fingerprint density at radius 3 is 2.10 bits per heavy atom. The first-order valence-electron chi connectivity index (χ1n) is 7.19. The van der Waals surface area contributed by atoms with Crippen molar-refractivity contribution in [3.8, 4) is 0 Å². The van der Waals surface area contributed by atoms with E-state index in [1.54, 1.807) is 0 Å². The van der Waals surface area contributed by atoms with Crippen molar-refractivity contribution in [1.82, 2.24) is 0 Å². The fourth-order valence-corrected chi connectivity index (χ4v) is 2.11. The Balaban J connectivity index is 2.88. The molecule has 0 bridgehead atoms. The summed E-state index contributed by atoms with van der Waals surface area (Å²) < 4.78 is 5.13. The van der Waals surface area contributed by atoms with Gasteiger partial charge in [-0.25, -0.2) is 0 Å². The van der Waals surface area contributed by atoms with Crippen molar-refractivity contribution in [3.05, 3.63) is 35.4 Å². The Hall–Kier alpha value is -1.35. The first-order chi connectivity index (χ1) is 9.23. The molecule has 0 aromatic heterocycles. The zero-order valence-electron chi connectivity index (χ0n) is 13.3. The highest BCUT2D eigenvalue weighted by molar-refractivity contribution is 5.77. The number of ether oxygens (including phenoxy) is 1. The number of carbonyl (C=O) groups excluding carboxylic acids is 1. The Morgan fingerprint density at radius 1 is 1.15 bits per heavy atom. The standard InChI is InChI=1S/C17H27NO2/c1-6-20-15(19)17(5,12-18)11-13-7-9-14(10-8-13)16(2,3)4/h7-10H,6,11-12,18H2,1-5H3. The molecule has 1 aromatic carbocycles. The van der Waals surface area contributed by atoms with Crippen molar-refractivity contribution in [1.29, 1.82) is 0 Å². The molecule has 0 spiro atoms. The van der Waals surface area contributed by atoms with Gasteiger partial charge in [0.2, 0.25) is 0 Å². The third-order valence-electron chi connectivity index (χ3n) is 3.63. The Labute approximate surface area is 122 Å². The van der Waals surface area contributed by atoms with Crippen LogP contribution >= 0.6 is 0 Å². The highest BCUT2D eigenvalue weighted by Gasteiger charge is 2.33. The van der Waals surface area contributed by atoms with Gasteiger partial charge in [0.25, 0.3) is 0 Å². The van der Waals surface area contributed by atoms with Gasteiger partial charge in [0.15, 0.2) is 0 Å². The molecule has 3 nitrogen and oxygen atoms in total. The van der Waals surface area contributed by atoms with E-state index in [2.05, 4.69) is 45.0 Å². The second-order valence-electron chi connectivity index (χ2n) is 6.61. The van der Waals surface area contributed by atoms with Gasteiger partial charge in [-0.05, 0) is 36.8 Å². The third-order valence-corrected chi connectivity index (χ3v) is 3.63. The van der Waals surface area contributed by atoms with Crippen molar-refractivity contribution >= 4 is 5.97 Å². The van der Waals surface area contributed by atoms with Crippen LogP contribution in [0, 0.1) is 5.41 Å². The van der Waals surface area contributed by atoms with E-state index >= 15 is 0 Å². The van der Waals surface area contributed by atoms with Gasteiger partial charge in [-0.15, -0.1) is 0 Å². The van der Waals surface area contributed by atoms with Gasteiger partial charge in [0.05, 0.1) is 12.0 Å². The summed E-state index contributed by atoms with van der Waals surface area (Å²) in [7, 11) is 0. The van der Waals surface area contributed by atoms with Crippen LogP contribution in [-0.4, -0.2) is 19.1 Å². The summed E-state index contributed by atoms with van der Waals surface area (Å²) in [5, 5.41) is 0. The summed E-state index contributed by atoms with van der Waals surface area (Å²) in [6.45, 7) is 10.9. The lowest BCUT2D eigenvalue weighted by Gasteiger charge is -2.26. The number of carbonyl (C=O) groups is 1. The quantitative estimate of drug-likeness (QED) is 0.842. The molecule has 20 heavy (non-hydrogen) atoms. The molecule has 0 heterocycles. The third kappa shape index (κ3) is 4.07. The average Bonchev–Trinajstić information content (AvgIpc) is 2.38. The molecule has 1 rings (SSSR count). The lowest BCUT2D eigenvalue weighted by Crippen LogP contribution is -2.39. The van der Waals surface area contributed by atoms with Crippen molar-refractivity contribution in [3.63, 3.8) is 0 Å². The van der Waals surface area contributed by atoms with Gasteiger partial charge in [0, 0.05) is 6.54 Å². The lowest BCUT2D eigenvalue weighted by molar-refractivity contribution is -0.153. The minimum atomic E-state index is -0.654. The van der Waals surface area contributed by atoms with E-state index in [1.165, 1.54) is 5.56 Å². The van der Waals surface area contributed by atoms with Crippen LogP contribution in [0.3, 0.4) is 0 Å². The van der Waals surface area contributed by atoms with Gasteiger partial charge in [0.1, 0.15) is 0 Å². The molecule has 1 atom stereocenters. The summed E-state index contributed by atoms with van der Waals surface area (Å²) in [6, 6.07) is 8.40. The van der Waals surface area contributed by atoms with Crippen LogP contribution in [-0.2, 0) is 21.4 Å². The van der Waals surface area contributed by atoms with Crippen molar-refractivity contribution in [2.75, 3.05) is 13.2 Å². The fraction of sp³-hybridized carbons (Fsp3) is 0.588. The molecule has 2 N–H and O–H groups in total. The molecule has 1 unspecified atom stereocenters. The fourth-order valence-electron chi connectivity index (χ4n) is 2.11. The van der Waals surface area contributed by atoms with Crippen molar-refractivity contribution < 1.29 is 9.53 Å². The first-order valence-corrected chi connectivity index (χ1v) is 7.19. The zero-order chi connectivity index (χ0) is 15.4. The number of esters is 1. The van der Waals surface area contributed by atoms with E-state index in [4.69, 9.17) is 10.5 Å². The molecule has 1 aromatic rings. The van der Waals surface area contributed by atoms with E-state index < -0.39 is 5.41 Å². The molecule has 0 saturated heterocycles. The maximum atomic E-state index is 12.0. The zero-order valence-corrected chi connectivity index (χ0v) is 13.3. The largest absolute Gasteiger partial charge is 0.466 e. The van der Waals surface area contributed by atoms with Gasteiger partial charge < -0.3 is 10.5 Å². The van der Waals surface area contributed by atoms with Crippen LogP contribution in [0.4, 0.5) is 0 Å². The van der Waals surface area contributed by atoms with Crippen molar-refractivity contribution in [2.24, 2.45) is 11.1 Å². The summed E-state index contributed by atoms with van der Waals surface area (Å²) in [4.78, 5) is 12.0. The molecule has 0 aliphatic heterocycles. The molecule has 0 aliphatic carbocycles. The normalized spacial score (nSPS) is 14.7. The monoisotopic (exact) mass is 277 g/mol. The molecule has 0 saturated carbocycles. The molecule has 112 valence electrons. The van der Waals surface area contributed by atoms with E-state index in [0.29, 0.717) is 13.0 Å². The molecular weight excluding hydrogens is 250 g/mol. The number of nitrogens with two attached hydrogens (primary N) is 1. The number of hydrogen-bond donors (Lipinski definition) is 1. The predicted molar refractivity (Wildman–Crippen MR) is 82.6 cm³/mol. The average molecular weight is 277 g/mol. The predicted octanol–water partition coefficient (Wildman–Crippen LogP) is 3.05. The Kier molecular flexibility index (Phi) is 5.35. The highest BCUT2D eigenvalue weighted by atomic mass is 16.5. The highest BCUT2D eigenvalue weighted by Crippen LogP contribution is 2.26. The van der Waals surface area contributed by atoms with E-state index in [1.807, 2.05) is 13.8 Å². The molecule has 0 radical (unpaired) electrons. The molecule has 3 heteroatoms. The van der Waals surface area contributed by atoms with Crippen LogP contribution in [0.5, 0.6) is 0 Å². The van der Waals surface area contributed by atoms with Crippen LogP contribution in [0.1, 0.15) is 45.7 Å². The second kappa shape index (κ2) is 6.40. The van der Waals surface area contributed by atoms with E-state index in [9.17, 15) is 4.79 Å². The number of benzene rings is 1. The van der Waals surface area contributed by atoms with Gasteiger partial charge >= 0.3 is 5.97 Å². The first kappa shape index (κ1) is 16.7. The summed E-state index contributed by atoms with van der Waals surface area (Å²) in [5.41, 5.74) is 7.66. The molecule has 0 amide bonds. The van der Waals surface area contributed by atoms with E-state index in [0.717, 1.165) is 5.56 Å². The summed E-state index contributed by atoms with van der Waals surface area (Å²) >= 11 is 0. The van der Waals surface area contributed by atoms with Gasteiger partial charge in [-0.1, -0.05) is 45.0 Å². The van der Waals surface area contributed by atoms with Crippen LogP contribution < -0.4 is 5.73 Å². The Morgan fingerprint density at radius 2 is 1.70 bits per heavy atom. The van der Waals surface area contributed by atoms with Gasteiger partial charge in [-0.2, -0.15) is 0 Å². The minimum Gasteiger partial charge on any atom is -0.466 e. The smallest absolute Gasteiger partial charge is 0.313 e. The van der Waals surface area contributed by atoms with Crippen LogP contribution in [0.15, 0.2) is 24.3 Å². The number of rotatable bonds is 5. The van der Waals surface area contributed by atoms with Gasteiger partial charge in [-0.3, -0.25) is 4.79 Å². The number of hydrogen-bond acceptors (Lipinski definition) is 3. The summed E-state index contributed by atoms with van der Waals surface area (Å²) in [6.07, 6.45) is 0.604. The Bertz CT molecular complexity index is 445.